The summed E-state index contributed by atoms with van der Waals surface area (Å²) < 4.78 is 8.14. The zero-order chi connectivity index (χ0) is 12.9. The fourth-order valence-corrected chi connectivity index (χ4v) is 2.42. The van der Waals surface area contributed by atoms with Gasteiger partial charge in [0.05, 0.1) is 17.8 Å². The highest BCUT2D eigenvalue weighted by Gasteiger charge is 2.23. The van der Waals surface area contributed by atoms with Crippen molar-refractivity contribution in [2.45, 2.75) is 33.4 Å². The van der Waals surface area contributed by atoms with Crippen molar-refractivity contribution in [3.63, 3.8) is 0 Å². The lowest BCUT2D eigenvalue weighted by atomic mass is 9.94. The average molecular weight is 238 g/mol. The van der Waals surface area contributed by atoms with Crippen LogP contribution in [0.2, 0.25) is 0 Å². The third-order valence-electron chi connectivity index (χ3n) is 3.47. The lowest BCUT2D eigenvalue weighted by molar-refractivity contribution is 0.205. The van der Waals surface area contributed by atoms with Crippen molar-refractivity contribution in [2.75, 3.05) is 0 Å². The zero-order valence-corrected chi connectivity index (χ0v) is 10.9. The van der Waals surface area contributed by atoms with Crippen molar-refractivity contribution >= 4 is 13.3 Å². The molecule has 18 heavy (non-hydrogen) atoms. The molecule has 0 bridgehead atoms. The Morgan fingerprint density at radius 1 is 1.39 bits per heavy atom. The van der Waals surface area contributed by atoms with Gasteiger partial charge in [-0.05, 0) is 26.8 Å². The minimum absolute atomic E-state index is 0.126. The second kappa shape index (κ2) is 3.90. The van der Waals surface area contributed by atoms with E-state index in [2.05, 4.69) is 23.4 Å². The summed E-state index contributed by atoms with van der Waals surface area (Å²) in [5, 5.41) is 0. The first-order valence-corrected chi connectivity index (χ1v) is 6.16. The van der Waals surface area contributed by atoms with Gasteiger partial charge in [-0.3, -0.25) is 0 Å². The molecular formula is C14H15BN2O. The molecule has 1 aliphatic heterocycles. The van der Waals surface area contributed by atoms with Crippen molar-refractivity contribution < 1.29 is 4.74 Å². The molecule has 2 aromatic rings. The van der Waals surface area contributed by atoms with Crippen LogP contribution in [0.4, 0.5) is 0 Å². The molecular weight excluding hydrogens is 223 g/mol. The number of ether oxygens (including phenoxy) is 1. The quantitative estimate of drug-likeness (QED) is 0.653. The molecule has 0 fully saturated rings. The summed E-state index contributed by atoms with van der Waals surface area (Å²) in [7, 11) is 5.88. The first-order valence-electron chi connectivity index (χ1n) is 6.16. The Bertz CT molecular complexity index is 618. The molecule has 0 amide bonds. The fourth-order valence-electron chi connectivity index (χ4n) is 2.42. The van der Waals surface area contributed by atoms with Crippen molar-refractivity contribution in [1.29, 1.82) is 0 Å². The first kappa shape index (κ1) is 11.4. The monoisotopic (exact) mass is 238 g/mol. The van der Waals surface area contributed by atoms with Crippen LogP contribution in [0, 0.1) is 13.8 Å². The number of benzene rings is 1. The van der Waals surface area contributed by atoms with Crippen LogP contribution in [-0.2, 0) is 6.54 Å². The molecule has 0 N–H and O–H groups in total. The van der Waals surface area contributed by atoms with Gasteiger partial charge >= 0.3 is 0 Å². The van der Waals surface area contributed by atoms with Crippen LogP contribution >= 0.6 is 0 Å². The Morgan fingerprint density at radius 3 is 2.94 bits per heavy atom. The van der Waals surface area contributed by atoms with E-state index in [-0.39, 0.29) is 6.10 Å². The van der Waals surface area contributed by atoms with Crippen LogP contribution < -0.4 is 10.2 Å². The number of aryl methyl sites for hydroxylation is 1. The van der Waals surface area contributed by atoms with Crippen molar-refractivity contribution in [1.82, 2.24) is 9.55 Å². The van der Waals surface area contributed by atoms with Gasteiger partial charge in [-0.1, -0.05) is 17.6 Å². The molecule has 0 aliphatic carbocycles. The molecule has 1 aromatic carbocycles. The third kappa shape index (κ3) is 1.64. The Labute approximate surface area is 108 Å². The van der Waals surface area contributed by atoms with Crippen LogP contribution in [-0.4, -0.2) is 23.5 Å². The van der Waals surface area contributed by atoms with Gasteiger partial charge in [-0.25, -0.2) is 4.98 Å². The summed E-state index contributed by atoms with van der Waals surface area (Å²) in [5.41, 5.74) is 3.97. The number of aromatic nitrogens is 2. The van der Waals surface area contributed by atoms with Crippen LogP contribution in [0.15, 0.2) is 18.2 Å². The first-order chi connectivity index (χ1) is 8.56. The van der Waals surface area contributed by atoms with Gasteiger partial charge in [0.2, 0.25) is 0 Å². The molecule has 1 atom stereocenters. The maximum atomic E-state index is 5.93. The van der Waals surface area contributed by atoms with E-state index < -0.39 is 0 Å². The summed E-state index contributed by atoms with van der Waals surface area (Å²) in [6, 6.07) is 5.73. The van der Waals surface area contributed by atoms with Gasteiger partial charge < -0.3 is 9.30 Å². The average Bonchev–Trinajstić information content (AvgIpc) is 2.53. The number of hydrogen-bond acceptors (Lipinski definition) is 2. The molecule has 0 spiro atoms. The van der Waals surface area contributed by atoms with E-state index in [0.717, 1.165) is 34.8 Å². The maximum Gasteiger partial charge on any atom is 0.144 e. The SMILES string of the molecule is [B]c1ccc2c(c1)-c1nc(C)c(C)n1CC(C)O2. The smallest absolute Gasteiger partial charge is 0.144 e. The van der Waals surface area contributed by atoms with E-state index in [1.54, 1.807) is 0 Å². The topological polar surface area (TPSA) is 27.1 Å². The standard InChI is InChI=1S/C14H15BN2O/c1-8-7-17-10(3)9(2)16-14(17)12-6-11(15)4-5-13(12)18-8/h4-6,8H,7H2,1-3H3. The molecule has 3 nitrogen and oxygen atoms in total. The van der Waals surface area contributed by atoms with Gasteiger partial charge in [0, 0.05) is 5.69 Å². The molecule has 1 unspecified atom stereocenters. The van der Waals surface area contributed by atoms with Crippen LogP contribution in [0.25, 0.3) is 11.4 Å². The summed E-state index contributed by atoms with van der Waals surface area (Å²) in [4.78, 5) is 4.66. The van der Waals surface area contributed by atoms with Gasteiger partial charge in [0.1, 0.15) is 25.5 Å². The predicted octanol–water partition coefficient (Wildman–Crippen LogP) is 1.74. The summed E-state index contributed by atoms with van der Waals surface area (Å²) in [5.74, 6) is 1.82. The van der Waals surface area contributed by atoms with E-state index in [0.29, 0.717) is 0 Å². The summed E-state index contributed by atoms with van der Waals surface area (Å²) >= 11 is 0. The number of rotatable bonds is 0. The molecule has 2 radical (unpaired) electrons. The van der Waals surface area contributed by atoms with Crippen LogP contribution in [0.3, 0.4) is 0 Å². The van der Waals surface area contributed by atoms with E-state index in [1.807, 2.05) is 25.1 Å². The molecule has 1 aliphatic rings. The normalized spacial score (nSPS) is 17.6. The second-order valence-corrected chi connectivity index (χ2v) is 4.90. The van der Waals surface area contributed by atoms with Crippen molar-refractivity contribution in [3.8, 4) is 17.1 Å². The maximum absolute atomic E-state index is 5.93. The molecule has 3 rings (SSSR count). The molecule has 0 saturated heterocycles. The molecule has 1 aromatic heterocycles. The lowest BCUT2D eigenvalue weighted by Gasteiger charge is -2.13. The van der Waals surface area contributed by atoms with E-state index in [9.17, 15) is 0 Å². The molecule has 4 heteroatoms. The zero-order valence-electron chi connectivity index (χ0n) is 10.9. The van der Waals surface area contributed by atoms with Gasteiger partial charge in [-0.15, -0.1) is 0 Å². The molecule has 2 heterocycles. The predicted molar refractivity (Wildman–Crippen MR) is 72.6 cm³/mol. The van der Waals surface area contributed by atoms with Gasteiger partial charge in [-0.2, -0.15) is 0 Å². The highest BCUT2D eigenvalue weighted by Crippen LogP contribution is 2.33. The third-order valence-corrected chi connectivity index (χ3v) is 3.47. The van der Waals surface area contributed by atoms with Crippen molar-refractivity contribution in [2.24, 2.45) is 0 Å². The Kier molecular flexibility index (Phi) is 2.47. The second-order valence-electron chi connectivity index (χ2n) is 4.90. The summed E-state index contributed by atoms with van der Waals surface area (Å²) in [6.07, 6.45) is 0.126. The number of fused-ring (bicyclic) bond motifs is 3. The fraction of sp³-hybridized carbons (Fsp3) is 0.357. The Morgan fingerprint density at radius 2 is 2.17 bits per heavy atom. The lowest BCUT2D eigenvalue weighted by Crippen LogP contribution is -2.18. The molecule has 0 saturated carbocycles. The van der Waals surface area contributed by atoms with E-state index >= 15 is 0 Å². The summed E-state index contributed by atoms with van der Waals surface area (Å²) in [6.45, 7) is 7.02. The van der Waals surface area contributed by atoms with Crippen LogP contribution in [0.1, 0.15) is 18.3 Å². The van der Waals surface area contributed by atoms with E-state index in [1.165, 1.54) is 5.69 Å². The minimum Gasteiger partial charge on any atom is -0.488 e. The largest absolute Gasteiger partial charge is 0.488 e. The number of imidazole rings is 1. The highest BCUT2D eigenvalue weighted by molar-refractivity contribution is 6.32. The van der Waals surface area contributed by atoms with Gasteiger partial charge in [0.25, 0.3) is 0 Å². The van der Waals surface area contributed by atoms with E-state index in [4.69, 9.17) is 12.6 Å². The highest BCUT2D eigenvalue weighted by atomic mass is 16.5. The van der Waals surface area contributed by atoms with Crippen molar-refractivity contribution in [3.05, 3.63) is 29.6 Å². The minimum atomic E-state index is 0.126. The number of nitrogens with zero attached hydrogens (tertiary/aromatic N) is 2. The Hall–Kier alpha value is -1.71. The Balaban J connectivity index is 2.30. The van der Waals surface area contributed by atoms with Crippen LogP contribution in [0.5, 0.6) is 5.75 Å². The molecule has 90 valence electrons. The van der Waals surface area contributed by atoms with Gasteiger partial charge in [0.15, 0.2) is 0 Å². The number of hydrogen-bond donors (Lipinski definition) is 0.